The Bertz CT molecular complexity index is 66.8. The van der Waals surface area contributed by atoms with Crippen LogP contribution in [-0.2, 0) is 4.79 Å². The topological polar surface area (TPSA) is 17.1 Å². The van der Waals surface area contributed by atoms with Gasteiger partial charge < -0.3 is 0 Å². The summed E-state index contributed by atoms with van der Waals surface area (Å²) in [6.07, 6.45) is 4.51. The van der Waals surface area contributed by atoms with Crippen molar-refractivity contribution in [2.24, 2.45) is 0 Å². The molecule has 1 heteroatoms. The first-order chi connectivity index (χ1) is 3.81. The summed E-state index contributed by atoms with van der Waals surface area (Å²) in [5, 5.41) is 0. The van der Waals surface area contributed by atoms with Crippen LogP contribution in [0.25, 0.3) is 0 Å². The second-order valence-electron chi connectivity index (χ2n) is 1.86. The van der Waals surface area contributed by atoms with Gasteiger partial charge in [0, 0.05) is 12.8 Å². The minimum atomic E-state index is 0.270. The Balaban J connectivity index is 2.99. The molecule has 0 atom stereocenters. The molecule has 0 aliphatic carbocycles. The van der Waals surface area contributed by atoms with Crippen LogP contribution in [0, 0.1) is 6.42 Å². The van der Waals surface area contributed by atoms with Gasteiger partial charge in [-0.05, 0) is 6.42 Å². The molecule has 0 aliphatic rings. The molecule has 0 aromatic carbocycles. The monoisotopic (exact) mass is 113 g/mol. The summed E-state index contributed by atoms with van der Waals surface area (Å²) in [5.74, 6) is 0.270. The van der Waals surface area contributed by atoms with Crippen LogP contribution >= 0.6 is 0 Å². The number of rotatable bonds is 4. The van der Waals surface area contributed by atoms with Crippen molar-refractivity contribution < 1.29 is 4.79 Å². The number of hydrogen-bond donors (Lipinski definition) is 0. The third kappa shape index (κ3) is 3.85. The third-order valence-corrected chi connectivity index (χ3v) is 1.10. The molecule has 0 aromatic heterocycles. The van der Waals surface area contributed by atoms with Crippen molar-refractivity contribution in [2.75, 3.05) is 0 Å². The fourth-order valence-electron chi connectivity index (χ4n) is 0.495. The number of ketones is 1. The highest BCUT2D eigenvalue weighted by Gasteiger charge is 1.94. The van der Waals surface area contributed by atoms with Gasteiger partial charge in [-0.3, -0.25) is 4.79 Å². The maximum absolute atomic E-state index is 10.5. The zero-order chi connectivity index (χ0) is 6.41. The molecule has 0 heterocycles. The van der Waals surface area contributed by atoms with Crippen LogP contribution in [0.4, 0.5) is 0 Å². The molecule has 0 N–H and O–H groups in total. The third-order valence-electron chi connectivity index (χ3n) is 1.10. The highest BCUT2D eigenvalue weighted by atomic mass is 16.1. The molecule has 47 valence electrons. The SMILES string of the molecule is C[CH]C(=O)CCCC. The summed E-state index contributed by atoms with van der Waals surface area (Å²) in [5.41, 5.74) is 0. The molecule has 0 aromatic rings. The van der Waals surface area contributed by atoms with Gasteiger partial charge in [-0.25, -0.2) is 0 Å². The van der Waals surface area contributed by atoms with Gasteiger partial charge in [0.2, 0.25) is 0 Å². The first kappa shape index (κ1) is 7.67. The van der Waals surface area contributed by atoms with E-state index in [0.717, 1.165) is 19.3 Å². The van der Waals surface area contributed by atoms with Gasteiger partial charge in [0.15, 0.2) is 0 Å². The lowest BCUT2D eigenvalue weighted by atomic mass is 10.1. The summed E-state index contributed by atoms with van der Waals surface area (Å²) >= 11 is 0. The number of hydrogen-bond acceptors (Lipinski definition) is 1. The van der Waals surface area contributed by atoms with E-state index in [1.807, 2.05) is 0 Å². The van der Waals surface area contributed by atoms with Gasteiger partial charge in [-0.1, -0.05) is 20.3 Å². The van der Waals surface area contributed by atoms with Crippen molar-refractivity contribution in [3.63, 3.8) is 0 Å². The molecule has 0 rings (SSSR count). The molecule has 0 aliphatic heterocycles. The maximum Gasteiger partial charge on any atom is 0.136 e. The second kappa shape index (κ2) is 4.82. The zero-order valence-electron chi connectivity index (χ0n) is 5.61. The highest BCUT2D eigenvalue weighted by Crippen LogP contribution is 1.95. The Morgan fingerprint density at radius 3 is 2.62 bits per heavy atom. The highest BCUT2D eigenvalue weighted by molar-refractivity contribution is 5.86. The Kier molecular flexibility index (Phi) is 4.62. The molecule has 0 fully saturated rings. The molecule has 0 amide bonds. The smallest absolute Gasteiger partial charge is 0.136 e. The first-order valence-corrected chi connectivity index (χ1v) is 3.13. The molecule has 0 bridgehead atoms. The summed E-state index contributed by atoms with van der Waals surface area (Å²) in [7, 11) is 0. The first-order valence-electron chi connectivity index (χ1n) is 3.13. The van der Waals surface area contributed by atoms with Gasteiger partial charge in [0.05, 0.1) is 0 Å². The van der Waals surface area contributed by atoms with Gasteiger partial charge >= 0.3 is 0 Å². The van der Waals surface area contributed by atoms with E-state index in [1.165, 1.54) is 0 Å². The van der Waals surface area contributed by atoms with E-state index in [2.05, 4.69) is 6.92 Å². The van der Waals surface area contributed by atoms with Gasteiger partial charge in [0.1, 0.15) is 5.78 Å². The molecular formula is C7H13O. The Hall–Kier alpha value is -0.330. The molecule has 1 nitrogen and oxygen atoms in total. The van der Waals surface area contributed by atoms with Gasteiger partial charge in [-0.2, -0.15) is 0 Å². The van der Waals surface area contributed by atoms with Crippen molar-refractivity contribution in [2.45, 2.75) is 33.1 Å². The van der Waals surface area contributed by atoms with E-state index < -0.39 is 0 Å². The largest absolute Gasteiger partial charge is 0.299 e. The predicted molar refractivity (Wildman–Crippen MR) is 34.5 cm³/mol. The Morgan fingerprint density at radius 2 is 2.25 bits per heavy atom. The lowest BCUT2D eigenvalue weighted by Gasteiger charge is -1.90. The average molecular weight is 113 g/mol. The number of Topliss-reactive ketones (excluding diaryl/α,β-unsaturated/α-hetero) is 1. The van der Waals surface area contributed by atoms with Crippen LogP contribution in [0.2, 0.25) is 0 Å². The normalized spacial score (nSPS) is 9.25. The predicted octanol–water partition coefficient (Wildman–Crippen LogP) is 1.97. The van der Waals surface area contributed by atoms with E-state index in [1.54, 1.807) is 13.3 Å². The van der Waals surface area contributed by atoms with Gasteiger partial charge in [0.25, 0.3) is 0 Å². The minimum absolute atomic E-state index is 0.270. The van der Waals surface area contributed by atoms with Crippen LogP contribution in [-0.4, -0.2) is 5.78 Å². The maximum atomic E-state index is 10.5. The van der Waals surface area contributed by atoms with E-state index in [4.69, 9.17) is 0 Å². The lowest BCUT2D eigenvalue weighted by Crippen LogP contribution is -1.93. The van der Waals surface area contributed by atoms with E-state index in [0.29, 0.717) is 0 Å². The lowest BCUT2D eigenvalue weighted by molar-refractivity contribution is -0.115. The number of unbranched alkanes of at least 4 members (excludes halogenated alkanes) is 1. The van der Waals surface area contributed by atoms with Crippen LogP contribution < -0.4 is 0 Å². The number of carbonyl (C=O) groups excluding carboxylic acids is 1. The molecular weight excluding hydrogens is 100 g/mol. The standard InChI is InChI=1S/C7H13O/c1-3-5-6-7(8)4-2/h4H,3,5-6H2,1-2H3. The summed E-state index contributed by atoms with van der Waals surface area (Å²) in [6.45, 7) is 3.88. The zero-order valence-corrected chi connectivity index (χ0v) is 5.61. The fraction of sp³-hybridized carbons (Fsp3) is 0.714. The van der Waals surface area contributed by atoms with Crippen LogP contribution in [0.15, 0.2) is 0 Å². The van der Waals surface area contributed by atoms with Crippen molar-refractivity contribution in [3.8, 4) is 0 Å². The van der Waals surface area contributed by atoms with Crippen LogP contribution in [0.3, 0.4) is 0 Å². The minimum Gasteiger partial charge on any atom is -0.299 e. The molecule has 1 radical (unpaired) electrons. The second-order valence-corrected chi connectivity index (χ2v) is 1.86. The van der Waals surface area contributed by atoms with E-state index >= 15 is 0 Å². The fourth-order valence-corrected chi connectivity index (χ4v) is 0.495. The Labute approximate surface area is 51.1 Å². The molecule has 8 heavy (non-hydrogen) atoms. The molecule has 0 saturated heterocycles. The van der Waals surface area contributed by atoms with Crippen molar-refractivity contribution in [1.29, 1.82) is 0 Å². The molecule has 0 unspecified atom stereocenters. The summed E-state index contributed by atoms with van der Waals surface area (Å²) in [6, 6.07) is 0. The molecule has 0 spiro atoms. The van der Waals surface area contributed by atoms with Crippen LogP contribution in [0.1, 0.15) is 33.1 Å². The van der Waals surface area contributed by atoms with E-state index in [9.17, 15) is 4.79 Å². The van der Waals surface area contributed by atoms with Crippen LogP contribution in [0.5, 0.6) is 0 Å². The molecule has 0 saturated carbocycles. The Morgan fingerprint density at radius 1 is 1.62 bits per heavy atom. The quantitative estimate of drug-likeness (QED) is 0.544. The van der Waals surface area contributed by atoms with Crippen molar-refractivity contribution in [1.82, 2.24) is 0 Å². The van der Waals surface area contributed by atoms with Crippen molar-refractivity contribution in [3.05, 3.63) is 6.42 Å². The van der Waals surface area contributed by atoms with E-state index in [-0.39, 0.29) is 5.78 Å². The summed E-state index contributed by atoms with van der Waals surface area (Å²) < 4.78 is 0. The average Bonchev–Trinajstić information content (AvgIpc) is 1.83. The summed E-state index contributed by atoms with van der Waals surface area (Å²) in [4.78, 5) is 10.5. The van der Waals surface area contributed by atoms with Gasteiger partial charge in [-0.15, -0.1) is 0 Å². The number of carbonyl (C=O) groups is 1. The van der Waals surface area contributed by atoms with Crippen molar-refractivity contribution >= 4 is 5.78 Å².